The topological polar surface area (TPSA) is 48.0 Å². The Morgan fingerprint density at radius 3 is 1.93 bits per heavy atom. The maximum absolute atomic E-state index is 12.8. The Kier molecular flexibility index (Phi) is 4.35. The molecule has 0 aliphatic heterocycles. The molecule has 2 N–H and O–H groups in total. The molecule has 0 atom stereocenters. The summed E-state index contributed by atoms with van der Waals surface area (Å²) in [5.41, 5.74) is 12.2. The lowest BCUT2D eigenvalue weighted by Crippen LogP contribution is -2.16. The third-order valence-corrected chi connectivity index (χ3v) is 4.75. The van der Waals surface area contributed by atoms with Crippen molar-refractivity contribution in [2.45, 2.75) is 6.92 Å². The normalized spacial score (nSPS) is 10.7. The molecule has 3 nitrogen and oxygen atoms in total. The van der Waals surface area contributed by atoms with E-state index >= 15 is 0 Å². The van der Waals surface area contributed by atoms with Crippen molar-refractivity contribution in [2.75, 3.05) is 5.73 Å². The van der Waals surface area contributed by atoms with E-state index in [1.165, 1.54) is 0 Å². The van der Waals surface area contributed by atoms with Gasteiger partial charge in [0.1, 0.15) is 0 Å². The van der Waals surface area contributed by atoms with E-state index in [0.717, 1.165) is 28.2 Å². The first-order chi connectivity index (χ1) is 13.2. The minimum Gasteiger partial charge on any atom is -0.397 e. The summed E-state index contributed by atoms with van der Waals surface area (Å²) in [6.07, 6.45) is 0. The second-order valence-electron chi connectivity index (χ2n) is 6.49. The minimum atomic E-state index is 0.0125. The Balaban J connectivity index is 2.17. The predicted molar refractivity (Wildman–Crippen MR) is 112 cm³/mol. The molecule has 27 heavy (non-hydrogen) atoms. The summed E-state index contributed by atoms with van der Waals surface area (Å²) in [5.74, 6) is 0. The Hall–Kier alpha value is -3.59. The Bertz CT molecular complexity index is 1150. The van der Waals surface area contributed by atoms with Gasteiger partial charge in [-0.05, 0) is 30.2 Å². The number of para-hydroxylation sites is 2. The van der Waals surface area contributed by atoms with Gasteiger partial charge in [-0.1, -0.05) is 72.8 Å². The van der Waals surface area contributed by atoms with Crippen LogP contribution in [-0.4, -0.2) is 4.57 Å². The number of aromatic nitrogens is 1. The first-order valence-corrected chi connectivity index (χ1v) is 8.89. The van der Waals surface area contributed by atoms with Crippen LogP contribution in [0.5, 0.6) is 0 Å². The van der Waals surface area contributed by atoms with Crippen molar-refractivity contribution in [2.24, 2.45) is 0 Å². The zero-order valence-electron chi connectivity index (χ0n) is 15.1. The molecule has 0 saturated heterocycles. The Morgan fingerprint density at radius 2 is 1.30 bits per heavy atom. The van der Waals surface area contributed by atoms with Crippen molar-refractivity contribution < 1.29 is 0 Å². The molecule has 0 aliphatic rings. The lowest BCUT2D eigenvalue weighted by molar-refractivity contribution is 1.04. The van der Waals surface area contributed by atoms with E-state index in [1.54, 1.807) is 6.07 Å². The average Bonchev–Trinajstić information content (AvgIpc) is 2.71. The van der Waals surface area contributed by atoms with E-state index in [9.17, 15) is 4.79 Å². The van der Waals surface area contributed by atoms with E-state index in [-0.39, 0.29) is 5.43 Å². The van der Waals surface area contributed by atoms with Crippen LogP contribution in [0.15, 0.2) is 95.8 Å². The number of anilines is 1. The van der Waals surface area contributed by atoms with Gasteiger partial charge in [-0.15, -0.1) is 0 Å². The van der Waals surface area contributed by atoms with Crippen LogP contribution in [0.2, 0.25) is 0 Å². The SMILES string of the molecule is Cc1c(-c2ccccc2)n(-c2ccccc2N)c(-c2ccccc2)cc1=O. The van der Waals surface area contributed by atoms with Gasteiger partial charge in [-0.2, -0.15) is 0 Å². The first-order valence-electron chi connectivity index (χ1n) is 8.89. The largest absolute Gasteiger partial charge is 0.397 e. The molecule has 1 heterocycles. The van der Waals surface area contributed by atoms with Gasteiger partial charge in [0, 0.05) is 11.6 Å². The van der Waals surface area contributed by atoms with Crippen LogP contribution in [0.1, 0.15) is 5.56 Å². The lowest BCUT2D eigenvalue weighted by atomic mass is 10.0. The molecule has 4 rings (SSSR count). The molecule has 0 radical (unpaired) electrons. The van der Waals surface area contributed by atoms with E-state index < -0.39 is 0 Å². The summed E-state index contributed by atoms with van der Waals surface area (Å²) < 4.78 is 2.09. The van der Waals surface area contributed by atoms with Crippen LogP contribution in [-0.2, 0) is 0 Å². The number of rotatable bonds is 3. The lowest BCUT2D eigenvalue weighted by Gasteiger charge is -2.22. The van der Waals surface area contributed by atoms with Crippen LogP contribution < -0.4 is 11.2 Å². The fourth-order valence-corrected chi connectivity index (χ4v) is 3.41. The Morgan fingerprint density at radius 1 is 0.741 bits per heavy atom. The van der Waals surface area contributed by atoms with Crippen LogP contribution in [0.4, 0.5) is 5.69 Å². The number of pyridine rings is 1. The summed E-state index contributed by atoms with van der Waals surface area (Å²) in [5, 5.41) is 0. The molecular formula is C24H20N2O. The monoisotopic (exact) mass is 352 g/mol. The van der Waals surface area contributed by atoms with Crippen molar-refractivity contribution in [3.63, 3.8) is 0 Å². The number of nitrogens with zero attached hydrogens (tertiary/aromatic N) is 1. The van der Waals surface area contributed by atoms with Crippen LogP contribution >= 0.6 is 0 Å². The van der Waals surface area contributed by atoms with Gasteiger partial charge in [0.05, 0.1) is 22.8 Å². The fourth-order valence-electron chi connectivity index (χ4n) is 3.41. The quantitative estimate of drug-likeness (QED) is 0.524. The van der Waals surface area contributed by atoms with Gasteiger partial charge in [0.25, 0.3) is 0 Å². The van der Waals surface area contributed by atoms with E-state index in [1.807, 2.05) is 91.9 Å². The summed E-state index contributed by atoms with van der Waals surface area (Å²) in [6, 6.07) is 29.3. The van der Waals surface area contributed by atoms with Gasteiger partial charge < -0.3 is 10.3 Å². The number of hydrogen-bond acceptors (Lipinski definition) is 2. The molecule has 3 heteroatoms. The van der Waals surface area contributed by atoms with Crippen LogP contribution in [0.25, 0.3) is 28.2 Å². The fraction of sp³-hybridized carbons (Fsp3) is 0.0417. The molecule has 0 saturated carbocycles. The zero-order valence-corrected chi connectivity index (χ0v) is 15.1. The maximum Gasteiger partial charge on any atom is 0.185 e. The Labute approximate surface area is 158 Å². The third kappa shape index (κ3) is 3.04. The first kappa shape index (κ1) is 16.9. The maximum atomic E-state index is 12.8. The summed E-state index contributed by atoms with van der Waals surface area (Å²) in [7, 11) is 0. The van der Waals surface area contributed by atoms with E-state index in [4.69, 9.17) is 5.73 Å². The van der Waals surface area contributed by atoms with Gasteiger partial charge in [-0.3, -0.25) is 4.79 Å². The van der Waals surface area contributed by atoms with Crippen molar-refractivity contribution in [1.82, 2.24) is 4.57 Å². The molecule has 0 fully saturated rings. The third-order valence-electron chi connectivity index (χ3n) is 4.75. The van der Waals surface area contributed by atoms with Gasteiger partial charge in [0.2, 0.25) is 0 Å². The second kappa shape index (κ2) is 6.96. The molecule has 3 aromatic carbocycles. The molecule has 1 aromatic heterocycles. The average molecular weight is 352 g/mol. The number of nitrogen functional groups attached to an aromatic ring is 1. The van der Waals surface area contributed by atoms with Crippen LogP contribution in [0, 0.1) is 6.92 Å². The molecule has 0 aliphatic carbocycles. The van der Waals surface area contributed by atoms with E-state index in [0.29, 0.717) is 11.3 Å². The second-order valence-corrected chi connectivity index (χ2v) is 6.49. The van der Waals surface area contributed by atoms with Crippen molar-refractivity contribution >= 4 is 5.69 Å². The molecule has 132 valence electrons. The zero-order chi connectivity index (χ0) is 18.8. The molecular weight excluding hydrogens is 332 g/mol. The van der Waals surface area contributed by atoms with Crippen molar-refractivity contribution in [3.8, 4) is 28.2 Å². The van der Waals surface area contributed by atoms with E-state index in [2.05, 4.69) is 4.57 Å². The summed E-state index contributed by atoms with van der Waals surface area (Å²) in [6.45, 7) is 1.87. The van der Waals surface area contributed by atoms with Gasteiger partial charge in [0.15, 0.2) is 5.43 Å². The predicted octanol–water partition coefficient (Wildman–Crippen LogP) is 5.06. The van der Waals surface area contributed by atoms with Crippen molar-refractivity contribution in [3.05, 3.63) is 107 Å². The highest BCUT2D eigenvalue weighted by molar-refractivity contribution is 5.76. The highest BCUT2D eigenvalue weighted by Gasteiger charge is 2.18. The smallest absolute Gasteiger partial charge is 0.185 e. The van der Waals surface area contributed by atoms with Gasteiger partial charge in [-0.25, -0.2) is 0 Å². The van der Waals surface area contributed by atoms with Crippen molar-refractivity contribution in [1.29, 1.82) is 0 Å². The molecule has 0 spiro atoms. The van der Waals surface area contributed by atoms with Crippen LogP contribution in [0.3, 0.4) is 0 Å². The minimum absolute atomic E-state index is 0.0125. The van der Waals surface area contributed by atoms with Gasteiger partial charge >= 0.3 is 0 Å². The number of hydrogen-bond donors (Lipinski definition) is 1. The highest BCUT2D eigenvalue weighted by atomic mass is 16.1. The molecule has 0 unspecified atom stereocenters. The number of nitrogens with two attached hydrogens (primary N) is 1. The summed E-state index contributed by atoms with van der Waals surface area (Å²) >= 11 is 0. The molecule has 0 amide bonds. The molecule has 0 bridgehead atoms. The number of benzene rings is 3. The highest BCUT2D eigenvalue weighted by Crippen LogP contribution is 2.33. The molecule has 4 aromatic rings. The summed E-state index contributed by atoms with van der Waals surface area (Å²) in [4.78, 5) is 12.8. The standard InChI is InChI=1S/C24H20N2O/c1-17-23(27)16-22(18-10-4-2-5-11-18)26(21-15-9-8-14-20(21)25)24(17)19-12-6-3-7-13-19/h2-16H,25H2,1H3.